The van der Waals surface area contributed by atoms with Crippen molar-refractivity contribution in [3.05, 3.63) is 17.8 Å². The lowest BCUT2D eigenvalue weighted by Gasteiger charge is -2.38. The minimum Gasteiger partial charge on any atom is -0.368 e. The first kappa shape index (κ1) is 9.44. The van der Waals surface area contributed by atoms with E-state index in [0.717, 1.165) is 18.1 Å². The molecule has 1 aliphatic carbocycles. The van der Waals surface area contributed by atoms with E-state index in [-0.39, 0.29) is 0 Å². The molecule has 2 rings (SSSR count). The van der Waals surface area contributed by atoms with Crippen LogP contribution >= 0.6 is 0 Å². The number of rotatable bonds is 3. The predicted octanol–water partition coefficient (Wildman–Crippen LogP) is 2.39. The molecule has 1 saturated carbocycles. The van der Waals surface area contributed by atoms with Crippen LogP contribution in [-0.4, -0.2) is 16.7 Å². The summed E-state index contributed by atoms with van der Waals surface area (Å²) in [5.41, 5.74) is 1.46. The second-order valence-corrected chi connectivity index (χ2v) is 4.58. The summed E-state index contributed by atoms with van der Waals surface area (Å²) < 4.78 is 0. The highest BCUT2D eigenvalue weighted by molar-refractivity contribution is 5.33. The first-order valence-corrected chi connectivity index (χ1v) is 5.22. The molecule has 0 amide bonds. The molecule has 3 nitrogen and oxygen atoms in total. The molecule has 0 unspecified atom stereocenters. The van der Waals surface area contributed by atoms with Gasteiger partial charge in [0.25, 0.3) is 0 Å². The van der Waals surface area contributed by atoms with Gasteiger partial charge in [0, 0.05) is 6.54 Å². The summed E-state index contributed by atoms with van der Waals surface area (Å²) in [7, 11) is 0. The minimum atomic E-state index is 0.493. The molecule has 0 atom stereocenters. The van der Waals surface area contributed by atoms with Crippen molar-refractivity contribution >= 4 is 5.82 Å². The molecule has 1 fully saturated rings. The Labute approximate surface area is 84.9 Å². The standard InChI is InChI=1S/C11H17N3/c1-9-4-5-10(14-13-9)12-8-11(2)6-3-7-11/h4-5H,3,6-8H2,1-2H3,(H,12,14). The lowest BCUT2D eigenvalue weighted by atomic mass is 9.70. The number of anilines is 1. The maximum absolute atomic E-state index is 4.08. The maximum Gasteiger partial charge on any atom is 0.148 e. The molecule has 0 spiro atoms. The van der Waals surface area contributed by atoms with Crippen LogP contribution < -0.4 is 5.32 Å². The summed E-state index contributed by atoms with van der Waals surface area (Å²) in [6.45, 7) is 5.29. The summed E-state index contributed by atoms with van der Waals surface area (Å²) in [4.78, 5) is 0. The van der Waals surface area contributed by atoms with Crippen LogP contribution in [0.25, 0.3) is 0 Å². The Kier molecular flexibility index (Phi) is 2.40. The van der Waals surface area contributed by atoms with Gasteiger partial charge in [0.2, 0.25) is 0 Å². The van der Waals surface area contributed by atoms with Gasteiger partial charge in [-0.15, -0.1) is 5.10 Å². The Morgan fingerprint density at radius 1 is 1.36 bits per heavy atom. The summed E-state index contributed by atoms with van der Waals surface area (Å²) in [5.74, 6) is 0.892. The molecule has 0 bridgehead atoms. The maximum atomic E-state index is 4.08. The van der Waals surface area contributed by atoms with Crippen molar-refractivity contribution in [3.8, 4) is 0 Å². The molecule has 0 radical (unpaired) electrons. The Hall–Kier alpha value is -1.12. The Morgan fingerprint density at radius 2 is 2.14 bits per heavy atom. The third-order valence-corrected chi connectivity index (χ3v) is 3.05. The van der Waals surface area contributed by atoms with E-state index in [1.807, 2.05) is 19.1 Å². The highest BCUT2D eigenvalue weighted by atomic mass is 15.2. The first-order valence-electron chi connectivity index (χ1n) is 5.22. The lowest BCUT2D eigenvalue weighted by Crippen LogP contribution is -2.33. The zero-order chi connectivity index (χ0) is 10.0. The molecule has 1 heterocycles. The fraction of sp³-hybridized carbons (Fsp3) is 0.636. The lowest BCUT2D eigenvalue weighted by molar-refractivity contribution is 0.180. The van der Waals surface area contributed by atoms with E-state index < -0.39 is 0 Å². The fourth-order valence-corrected chi connectivity index (χ4v) is 1.75. The number of nitrogens with one attached hydrogen (secondary N) is 1. The number of hydrogen-bond acceptors (Lipinski definition) is 3. The fourth-order valence-electron chi connectivity index (χ4n) is 1.75. The van der Waals surface area contributed by atoms with Crippen LogP contribution in [0.2, 0.25) is 0 Å². The van der Waals surface area contributed by atoms with Crippen LogP contribution in [0.5, 0.6) is 0 Å². The van der Waals surface area contributed by atoms with Crippen LogP contribution in [0.4, 0.5) is 5.82 Å². The molecule has 0 aliphatic heterocycles. The van der Waals surface area contributed by atoms with Crippen LogP contribution in [0, 0.1) is 12.3 Å². The Balaban J connectivity index is 1.88. The number of aryl methyl sites for hydroxylation is 1. The summed E-state index contributed by atoms with van der Waals surface area (Å²) in [6.07, 6.45) is 4.04. The van der Waals surface area contributed by atoms with Crippen LogP contribution in [-0.2, 0) is 0 Å². The van der Waals surface area contributed by atoms with Crippen LogP contribution in [0.15, 0.2) is 12.1 Å². The zero-order valence-corrected chi connectivity index (χ0v) is 8.88. The SMILES string of the molecule is Cc1ccc(NCC2(C)CCC2)nn1. The average molecular weight is 191 g/mol. The van der Waals surface area contributed by atoms with E-state index in [0.29, 0.717) is 5.41 Å². The third kappa shape index (κ3) is 2.03. The number of aromatic nitrogens is 2. The van der Waals surface area contributed by atoms with Gasteiger partial charge in [-0.1, -0.05) is 13.3 Å². The summed E-state index contributed by atoms with van der Waals surface area (Å²) in [6, 6.07) is 3.97. The number of hydrogen-bond donors (Lipinski definition) is 1. The highest BCUT2D eigenvalue weighted by Crippen LogP contribution is 2.39. The van der Waals surface area contributed by atoms with E-state index in [9.17, 15) is 0 Å². The molecule has 1 N–H and O–H groups in total. The smallest absolute Gasteiger partial charge is 0.148 e. The summed E-state index contributed by atoms with van der Waals surface area (Å²) in [5, 5.41) is 11.4. The molecule has 1 aromatic heterocycles. The molecular weight excluding hydrogens is 174 g/mol. The van der Waals surface area contributed by atoms with Crippen molar-refractivity contribution in [3.63, 3.8) is 0 Å². The van der Waals surface area contributed by atoms with Gasteiger partial charge < -0.3 is 5.32 Å². The van der Waals surface area contributed by atoms with Crippen LogP contribution in [0.3, 0.4) is 0 Å². The van der Waals surface area contributed by atoms with Gasteiger partial charge >= 0.3 is 0 Å². The van der Waals surface area contributed by atoms with E-state index in [2.05, 4.69) is 22.4 Å². The molecule has 0 aromatic carbocycles. The quantitative estimate of drug-likeness (QED) is 0.797. The van der Waals surface area contributed by atoms with Gasteiger partial charge in [-0.3, -0.25) is 0 Å². The normalized spacial score (nSPS) is 18.7. The van der Waals surface area contributed by atoms with Crippen molar-refractivity contribution in [2.75, 3.05) is 11.9 Å². The predicted molar refractivity (Wildman–Crippen MR) is 57.2 cm³/mol. The molecule has 1 aromatic rings. The molecule has 0 saturated heterocycles. The monoisotopic (exact) mass is 191 g/mol. The van der Waals surface area contributed by atoms with Crippen molar-refractivity contribution < 1.29 is 0 Å². The molecular formula is C11H17N3. The Morgan fingerprint density at radius 3 is 2.64 bits per heavy atom. The topological polar surface area (TPSA) is 37.8 Å². The molecule has 14 heavy (non-hydrogen) atoms. The van der Waals surface area contributed by atoms with E-state index in [1.165, 1.54) is 19.3 Å². The van der Waals surface area contributed by atoms with Gasteiger partial charge in [-0.05, 0) is 37.3 Å². The highest BCUT2D eigenvalue weighted by Gasteiger charge is 2.31. The van der Waals surface area contributed by atoms with Crippen molar-refractivity contribution in [1.29, 1.82) is 0 Å². The van der Waals surface area contributed by atoms with E-state index >= 15 is 0 Å². The second kappa shape index (κ2) is 3.56. The van der Waals surface area contributed by atoms with E-state index in [1.54, 1.807) is 0 Å². The second-order valence-electron chi connectivity index (χ2n) is 4.58. The van der Waals surface area contributed by atoms with Crippen molar-refractivity contribution in [2.45, 2.75) is 33.1 Å². The van der Waals surface area contributed by atoms with Gasteiger partial charge in [0.05, 0.1) is 5.69 Å². The molecule has 3 heteroatoms. The number of nitrogens with zero attached hydrogens (tertiary/aromatic N) is 2. The minimum absolute atomic E-state index is 0.493. The third-order valence-electron chi connectivity index (χ3n) is 3.05. The average Bonchev–Trinajstić information content (AvgIpc) is 2.14. The molecule has 76 valence electrons. The molecule has 1 aliphatic rings. The van der Waals surface area contributed by atoms with Gasteiger partial charge in [0.15, 0.2) is 0 Å². The largest absolute Gasteiger partial charge is 0.368 e. The summed E-state index contributed by atoms with van der Waals surface area (Å²) >= 11 is 0. The van der Waals surface area contributed by atoms with Gasteiger partial charge in [0.1, 0.15) is 5.82 Å². The zero-order valence-electron chi connectivity index (χ0n) is 8.88. The van der Waals surface area contributed by atoms with Crippen molar-refractivity contribution in [2.24, 2.45) is 5.41 Å². The van der Waals surface area contributed by atoms with Gasteiger partial charge in [-0.25, -0.2) is 0 Å². The van der Waals surface area contributed by atoms with Crippen LogP contribution in [0.1, 0.15) is 31.9 Å². The first-order chi connectivity index (χ1) is 6.68. The van der Waals surface area contributed by atoms with Gasteiger partial charge in [-0.2, -0.15) is 5.10 Å². The van der Waals surface area contributed by atoms with Crippen molar-refractivity contribution in [1.82, 2.24) is 10.2 Å². The van der Waals surface area contributed by atoms with E-state index in [4.69, 9.17) is 0 Å². The Bertz CT molecular complexity index is 301.